The molecule has 0 saturated heterocycles. The first-order valence-corrected chi connectivity index (χ1v) is 5.17. The van der Waals surface area contributed by atoms with E-state index < -0.39 is 0 Å². The highest BCUT2D eigenvalue weighted by molar-refractivity contribution is 8.13. The Kier molecular flexibility index (Phi) is 8.71. The Morgan fingerprint density at radius 3 is 2.75 bits per heavy atom. The van der Waals surface area contributed by atoms with E-state index in [2.05, 4.69) is 6.92 Å². The van der Waals surface area contributed by atoms with Gasteiger partial charge in [-0.25, -0.2) is 4.79 Å². The molecule has 0 N–H and O–H groups in total. The molecule has 0 spiro atoms. The largest absolute Gasteiger partial charge is 0.430 e. The van der Waals surface area contributed by atoms with Crippen LogP contribution in [0, 0.1) is 0 Å². The van der Waals surface area contributed by atoms with Crippen LogP contribution < -0.4 is 0 Å². The Balaban J connectivity index is 3.03. The predicted molar refractivity (Wildman–Crippen MR) is 50.3 cm³/mol. The first-order valence-electron chi connectivity index (χ1n) is 4.18. The summed E-state index contributed by atoms with van der Waals surface area (Å²) < 4.78 is 9.77. The van der Waals surface area contributed by atoms with Gasteiger partial charge in [-0.05, 0) is 18.2 Å². The topological polar surface area (TPSA) is 35.5 Å². The van der Waals surface area contributed by atoms with Crippen molar-refractivity contribution in [3.8, 4) is 0 Å². The summed E-state index contributed by atoms with van der Waals surface area (Å²) in [5.41, 5.74) is 0. The molecule has 0 amide bonds. The molecule has 0 aliphatic rings. The van der Waals surface area contributed by atoms with Crippen LogP contribution in [0.5, 0.6) is 0 Å². The van der Waals surface area contributed by atoms with Gasteiger partial charge in [-0.15, -0.1) is 0 Å². The van der Waals surface area contributed by atoms with Gasteiger partial charge in [-0.2, -0.15) is 0 Å². The number of hydrogen-bond donors (Lipinski definition) is 0. The molecular weight excluding hydrogens is 176 g/mol. The lowest BCUT2D eigenvalue weighted by molar-refractivity contribution is -0.00634. The quantitative estimate of drug-likeness (QED) is 0.368. The Morgan fingerprint density at radius 2 is 2.17 bits per heavy atom. The van der Waals surface area contributed by atoms with Crippen LogP contribution in [-0.4, -0.2) is 24.5 Å². The van der Waals surface area contributed by atoms with Crippen molar-refractivity contribution in [3.63, 3.8) is 0 Å². The minimum absolute atomic E-state index is 0.0891. The second-order valence-corrected chi connectivity index (χ2v) is 3.41. The van der Waals surface area contributed by atoms with Crippen molar-refractivity contribution in [1.29, 1.82) is 0 Å². The monoisotopic (exact) mass is 192 g/mol. The highest BCUT2D eigenvalue weighted by Gasteiger charge is 1.99. The number of thioether (sulfide) groups is 1. The Morgan fingerprint density at radius 1 is 1.42 bits per heavy atom. The molecule has 0 aromatic carbocycles. The van der Waals surface area contributed by atoms with Gasteiger partial charge in [0.2, 0.25) is 0 Å². The average Bonchev–Trinajstić information content (AvgIpc) is 2.05. The molecule has 0 heterocycles. The molecule has 0 aromatic heterocycles. The molecule has 0 aromatic rings. The summed E-state index contributed by atoms with van der Waals surface area (Å²) in [4.78, 5) is 10.7. The van der Waals surface area contributed by atoms with Gasteiger partial charge in [0.1, 0.15) is 0 Å². The van der Waals surface area contributed by atoms with E-state index in [1.807, 2.05) is 6.92 Å². The van der Waals surface area contributed by atoms with Crippen LogP contribution in [0.3, 0.4) is 0 Å². The third-order valence-electron chi connectivity index (χ3n) is 1.16. The first-order chi connectivity index (χ1) is 5.81. The zero-order valence-corrected chi connectivity index (χ0v) is 8.49. The molecule has 0 atom stereocenters. The maximum atomic E-state index is 10.7. The van der Waals surface area contributed by atoms with Crippen molar-refractivity contribution in [3.05, 3.63) is 0 Å². The molecule has 3 nitrogen and oxygen atoms in total. The second kappa shape index (κ2) is 8.87. The second-order valence-electron chi connectivity index (χ2n) is 2.21. The first kappa shape index (κ1) is 11.8. The summed E-state index contributed by atoms with van der Waals surface area (Å²) in [5, 5.41) is -0.256. The molecule has 12 heavy (non-hydrogen) atoms. The SMILES string of the molecule is CCCCOCOC(=O)SCC. The van der Waals surface area contributed by atoms with E-state index in [-0.39, 0.29) is 12.1 Å². The maximum Gasteiger partial charge on any atom is 0.369 e. The molecule has 0 aliphatic heterocycles. The van der Waals surface area contributed by atoms with E-state index in [1.54, 1.807) is 0 Å². The Hall–Kier alpha value is -0.220. The Bertz CT molecular complexity index is 117. The molecule has 0 radical (unpaired) electrons. The van der Waals surface area contributed by atoms with Crippen molar-refractivity contribution in [2.75, 3.05) is 19.2 Å². The van der Waals surface area contributed by atoms with E-state index in [9.17, 15) is 4.79 Å². The Labute approximate surface area is 77.8 Å². The van der Waals surface area contributed by atoms with Crippen LogP contribution in [0.25, 0.3) is 0 Å². The highest BCUT2D eigenvalue weighted by Crippen LogP contribution is 2.03. The van der Waals surface area contributed by atoms with Crippen molar-refractivity contribution in [2.24, 2.45) is 0 Å². The number of rotatable bonds is 6. The molecule has 0 bridgehead atoms. The number of ether oxygens (including phenoxy) is 2. The van der Waals surface area contributed by atoms with Crippen molar-refractivity contribution >= 4 is 17.1 Å². The van der Waals surface area contributed by atoms with Crippen molar-refractivity contribution in [2.45, 2.75) is 26.7 Å². The number of carbonyl (C=O) groups is 1. The highest BCUT2D eigenvalue weighted by atomic mass is 32.2. The van der Waals surface area contributed by atoms with Crippen LogP contribution in [-0.2, 0) is 9.47 Å². The van der Waals surface area contributed by atoms with Gasteiger partial charge < -0.3 is 9.47 Å². The number of carbonyl (C=O) groups excluding carboxylic acids is 1. The average molecular weight is 192 g/mol. The van der Waals surface area contributed by atoms with E-state index in [4.69, 9.17) is 9.47 Å². The summed E-state index contributed by atoms with van der Waals surface area (Å²) in [7, 11) is 0. The summed E-state index contributed by atoms with van der Waals surface area (Å²) in [6.07, 6.45) is 2.11. The third-order valence-corrected chi connectivity index (χ3v) is 1.81. The standard InChI is InChI=1S/C8H16O3S/c1-3-5-6-10-7-11-8(9)12-4-2/h3-7H2,1-2H3. The summed E-state index contributed by atoms with van der Waals surface area (Å²) in [5.74, 6) is 0.744. The van der Waals surface area contributed by atoms with Gasteiger partial charge in [0.05, 0.1) is 6.61 Å². The molecule has 0 rings (SSSR count). The van der Waals surface area contributed by atoms with Gasteiger partial charge in [-0.3, -0.25) is 0 Å². The van der Waals surface area contributed by atoms with E-state index in [0.717, 1.165) is 30.4 Å². The van der Waals surface area contributed by atoms with Crippen LogP contribution >= 0.6 is 11.8 Å². The third kappa shape index (κ3) is 7.88. The molecule has 72 valence electrons. The molecular formula is C8H16O3S. The van der Waals surface area contributed by atoms with Crippen LogP contribution in [0.4, 0.5) is 4.79 Å². The van der Waals surface area contributed by atoms with Gasteiger partial charge in [0, 0.05) is 5.75 Å². The lowest BCUT2D eigenvalue weighted by Crippen LogP contribution is -2.04. The summed E-state index contributed by atoms with van der Waals surface area (Å²) in [6.45, 7) is 4.75. The van der Waals surface area contributed by atoms with Crippen molar-refractivity contribution in [1.82, 2.24) is 0 Å². The van der Waals surface area contributed by atoms with Crippen LogP contribution in [0.1, 0.15) is 26.7 Å². The fourth-order valence-electron chi connectivity index (χ4n) is 0.555. The van der Waals surface area contributed by atoms with Gasteiger partial charge in [0.25, 0.3) is 0 Å². The van der Waals surface area contributed by atoms with Crippen LogP contribution in [0.15, 0.2) is 0 Å². The van der Waals surface area contributed by atoms with Gasteiger partial charge in [-0.1, -0.05) is 20.3 Å². The number of unbranched alkanes of at least 4 members (excludes halogenated alkanes) is 1. The minimum Gasteiger partial charge on any atom is -0.430 e. The summed E-state index contributed by atoms with van der Waals surface area (Å²) in [6, 6.07) is 0. The lowest BCUT2D eigenvalue weighted by Gasteiger charge is -2.03. The molecule has 0 fully saturated rings. The van der Waals surface area contributed by atoms with Gasteiger partial charge in [0.15, 0.2) is 6.79 Å². The van der Waals surface area contributed by atoms with Crippen molar-refractivity contribution < 1.29 is 14.3 Å². The fourth-order valence-corrected chi connectivity index (χ4v) is 0.922. The predicted octanol–water partition coefficient (Wildman–Crippen LogP) is 2.65. The summed E-state index contributed by atoms with van der Waals surface area (Å²) >= 11 is 1.15. The smallest absolute Gasteiger partial charge is 0.369 e. The van der Waals surface area contributed by atoms with Gasteiger partial charge >= 0.3 is 5.30 Å². The van der Waals surface area contributed by atoms with E-state index in [0.29, 0.717) is 6.61 Å². The zero-order chi connectivity index (χ0) is 9.23. The van der Waals surface area contributed by atoms with E-state index in [1.165, 1.54) is 0 Å². The van der Waals surface area contributed by atoms with E-state index >= 15 is 0 Å². The minimum atomic E-state index is -0.256. The maximum absolute atomic E-state index is 10.7. The van der Waals surface area contributed by atoms with Crippen LogP contribution in [0.2, 0.25) is 0 Å². The fraction of sp³-hybridized carbons (Fsp3) is 0.875. The lowest BCUT2D eigenvalue weighted by atomic mass is 10.4. The number of hydrogen-bond acceptors (Lipinski definition) is 4. The molecule has 0 unspecified atom stereocenters. The molecule has 0 aliphatic carbocycles. The molecule has 4 heteroatoms. The molecule has 0 saturated carbocycles. The zero-order valence-electron chi connectivity index (χ0n) is 7.67. The normalized spacial score (nSPS) is 9.83.